The molecule has 0 amide bonds. The molecule has 1 rings (SSSR count). The van der Waals surface area contributed by atoms with Gasteiger partial charge in [0.05, 0.1) is 12.0 Å². The zero-order valence-electron chi connectivity index (χ0n) is 10.0. The van der Waals surface area contributed by atoms with Crippen molar-refractivity contribution in [3.05, 3.63) is 24.0 Å². The van der Waals surface area contributed by atoms with Gasteiger partial charge in [0, 0.05) is 18.7 Å². The summed E-state index contributed by atoms with van der Waals surface area (Å²) >= 11 is 0. The van der Waals surface area contributed by atoms with Crippen LogP contribution in [0.3, 0.4) is 0 Å². The molecular formula is C10H16ClFN2O3S. The molecule has 3 N–H and O–H groups in total. The molecule has 0 bridgehead atoms. The van der Waals surface area contributed by atoms with Crippen molar-refractivity contribution in [3.8, 4) is 5.75 Å². The molecule has 0 aliphatic carbocycles. The van der Waals surface area contributed by atoms with E-state index in [9.17, 15) is 12.8 Å². The Morgan fingerprint density at radius 3 is 2.61 bits per heavy atom. The number of ether oxygens (including phenoxy) is 1. The number of nitrogens with two attached hydrogens (primary N) is 1. The van der Waals surface area contributed by atoms with Gasteiger partial charge in [-0.2, -0.15) is 0 Å². The first-order chi connectivity index (χ1) is 7.90. The normalized spacial score (nSPS) is 12.7. The quantitative estimate of drug-likeness (QED) is 0.845. The lowest BCUT2D eigenvalue weighted by Gasteiger charge is -2.12. The lowest BCUT2D eigenvalue weighted by atomic mass is 10.3. The number of nitrogens with one attached hydrogen (secondary N) is 1. The maximum absolute atomic E-state index is 13.1. The Hall–Kier alpha value is -0.890. The van der Waals surface area contributed by atoms with Crippen molar-refractivity contribution in [2.75, 3.05) is 13.7 Å². The number of benzene rings is 1. The molecule has 0 spiro atoms. The summed E-state index contributed by atoms with van der Waals surface area (Å²) in [4.78, 5) is -0.0592. The smallest absolute Gasteiger partial charge is 0.240 e. The summed E-state index contributed by atoms with van der Waals surface area (Å²) in [6.07, 6.45) is 0. The van der Waals surface area contributed by atoms with Crippen molar-refractivity contribution in [1.82, 2.24) is 4.72 Å². The highest BCUT2D eigenvalue weighted by Crippen LogP contribution is 2.21. The largest absolute Gasteiger partial charge is 0.494 e. The van der Waals surface area contributed by atoms with Gasteiger partial charge in [-0.25, -0.2) is 17.5 Å². The number of hydrogen-bond donors (Lipinski definition) is 2. The van der Waals surface area contributed by atoms with Crippen LogP contribution in [0.15, 0.2) is 23.1 Å². The van der Waals surface area contributed by atoms with Crippen molar-refractivity contribution in [2.24, 2.45) is 5.73 Å². The average molecular weight is 299 g/mol. The van der Waals surface area contributed by atoms with Gasteiger partial charge in [-0.3, -0.25) is 0 Å². The second-order valence-electron chi connectivity index (χ2n) is 3.55. The zero-order chi connectivity index (χ0) is 13.1. The molecular weight excluding hydrogens is 283 g/mol. The number of sulfonamides is 1. The van der Waals surface area contributed by atoms with E-state index in [4.69, 9.17) is 10.5 Å². The van der Waals surface area contributed by atoms with Crippen LogP contribution in [0, 0.1) is 5.82 Å². The fraction of sp³-hybridized carbons (Fsp3) is 0.400. The molecule has 1 atom stereocenters. The van der Waals surface area contributed by atoms with Gasteiger partial charge in [0.2, 0.25) is 10.0 Å². The van der Waals surface area contributed by atoms with Crippen LogP contribution in [0.5, 0.6) is 5.75 Å². The Kier molecular flexibility index (Phi) is 6.55. The molecule has 1 aromatic rings. The average Bonchev–Trinajstić information content (AvgIpc) is 2.28. The second-order valence-corrected chi connectivity index (χ2v) is 5.27. The Labute approximate surface area is 112 Å². The standard InChI is InChI=1S/C10H15FN2O3S.ClH/c1-7(6-12)13-17(14,15)8-3-4-9(11)10(5-8)16-2;/h3-5,7,13H,6,12H2,1-2H3;1H/t7-;/m0./s1. The van der Waals surface area contributed by atoms with Crippen LogP contribution in [-0.4, -0.2) is 28.1 Å². The molecule has 104 valence electrons. The molecule has 0 heterocycles. The molecule has 0 aliphatic rings. The molecule has 0 saturated carbocycles. The van der Waals surface area contributed by atoms with E-state index in [1.54, 1.807) is 6.92 Å². The van der Waals surface area contributed by atoms with Gasteiger partial charge in [-0.15, -0.1) is 12.4 Å². The summed E-state index contributed by atoms with van der Waals surface area (Å²) in [6, 6.07) is 2.95. The van der Waals surface area contributed by atoms with Crippen LogP contribution in [0.2, 0.25) is 0 Å². The highest BCUT2D eigenvalue weighted by atomic mass is 35.5. The topological polar surface area (TPSA) is 81.4 Å². The van der Waals surface area contributed by atoms with E-state index >= 15 is 0 Å². The molecule has 0 aromatic heterocycles. The molecule has 18 heavy (non-hydrogen) atoms. The highest BCUT2D eigenvalue weighted by Gasteiger charge is 2.18. The molecule has 0 saturated heterocycles. The molecule has 0 radical (unpaired) electrons. The van der Waals surface area contributed by atoms with Gasteiger partial charge in [0.1, 0.15) is 0 Å². The first kappa shape index (κ1) is 17.1. The first-order valence-electron chi connectivity index (χ1n) is 4.96. The van der Waals surface area contributed by atoms with Gasteiger partial charge in [-0.05, 0) is 19.1 Å². The molecule has 0 aliphatic heterocycles. The summed E-state index contributed by atoms with van der Waals surface area (Å²) in [7, 11) is -2.43. The van der Waals surface area contributed by atoms with Crippen molar-refractivity contribution >= 4 is 22.4 Å². The van der Waals surface area contributed by atoms with Crippen LogP contribution >= 0.6 is 12.4 Å². The minimum absolute atomic E-state index is 0. The predicted octanol–water partition coefficient (Wildman–Crippen LogP) is 0.882. The van der Waals surface area contributed by atoms with Crippen molar-refractivity contribution in [1.29, 1.82) is 0 Å². The van der Waals surface area contributed by atoms with E-state index in [1.807, 2.05) is 0 Å². The van der Waals surface area contributed by atoms with Crippen molar-refractivity contribution < 1.29 is 17.5 Å². The fourth-order valence-corrected chi connectivity index (χ4v) is 2.46. The second kappa shape index (κ2) is 6.89. The third kappa shape index (κ3) is 4.09. The monoisotopic (exact) mass is 298 g/mol. The van der Waals surface area contributed by atoms with Gasteiger partial charge >= 0.3 is 0 Å². The van der Waals surface area contributed by atoms with Gasteiger partial charge in [0.25, 0.3) is 0 Å². The van der Waals surface area contributed by atoms with Crippen molar-refractivity contribution in [3.63, 3.8) is 0 Å². The third-order valence-corrected chi connectivity index (χ3v) is 3.73. The van der Waals surface area contributed by atoms with Crippen molar-refractivity contribution in [2.45, 2.75) is 17.9 Å². The van der Waals surface area contributed by atoms with Gasteiger partial charge in [0.15, 0.2) is 11.6 Å². The summed E-state index contributed by atoms with van der Waals surface area (Å²) in [5.74, 6) is -0.730. The molecule has 0 fully saturated rings. The summed E-state index contributed by atoms with van der Waals surface area (Å²) in [5.41, 5.74) is 5.33. The summed E-state index contributed by atoms with van der Waals surface area (Å²) in [6.45, 7) is 1.82. The fourth-order valence-electron chi connectivity index (χ4n) is 1.19. The maximum Gasteiger partial charge on any atom is 0.240 e. The molecule has 0 unspecified atom stereocenters. The number of methoxy groups -OCH3 is 1. The Bertz CT molecular complexity index is 496. The van der Waals surface area contributed by atoms with Gasteiger partial charge in [-0.1, -0.05) is 0 Å². The Balaban J connectivity index is 0.00000289. The van der Waals surface area contributed by atoms with E-state index in [0.29, 0.717) is 0 Å². The molecule has 1 aromatic carbocycles. The van der Waals surface area contributed by atoms with Crippen LogP contribution in [0.25, 0.3) is 0 Å². The van der Waals surface area contributed by atoms with Crippen LogP contribution in [0.1, 0.15) is 6.92 Å². The molecule has 8 heteroatoms. The van der Waals surface area contributed by atoms with E-state index in [0.717, 1.165) is 12.1 Å². The maximum atomic E-state index is 13.1. The number of hydrogen-bond acceptors (Lipinski definition) is 4. The summed E-state index contributed by atoms with van der Waals surface area (Å²) in [5, 5.41) is 0. The Morgan fingerprint density at radius 2 is 2.11 bits per heavy atom. The predicted molar refractivity (Wildman–Crippen MR) is 69.0 cm³/mol. The van der Waals surface area contributed by atoms with Gasteiger partial charge < -0.3 is 10.5 Å². The number of rotatable bonds is 5. The Morgan fingerprint density at radius 1 is 1.50 bits per heavy atom. The van der Waals surface area contributed by atoms with E-state index < -0.39 is 21.9 Å². The molecule has 5 nitrogen and oxygen atoms in total. The van der Waals surface area contributed by atoms with E-state index in [2.05, 4.69) is 4.72 Å². The number of halogens is 2. The van der Waals surface area contributed by atoms with E-state index in [1.165, 1.54) is 13.2 Å². The lowest BCUT2D eigenvalue weighted by molar-refractivity contribution is 0.385. The minimum Gasteiger partial charge on any atom is -0.494 e. The van der Waals surface area contributed by atoms with E-state index in [-0.39, 0.29) is 29.6 Å². The minimum atomic E-state index is -3.70. The van der Waals surface area contributed by atoms with Crippen LogP contribution in [-0.2, 0) is 10.0 Å². The lowest BCUT2D eigenvalue weighted by Crippen LogP contribution is -2.37. The zero-order valence-corrected chi connectivity index (χ0v) is 11.6. The summed E-state index contributed by atoms with van der Waals surface area (Å²) < 4.78 is 43.9. The SMILES string of the molecule is COc1cc(S(=O)(=O)N[C@@H](C)CN)ccc1F.Cl. The third-order valence-electron chi connectivity index (χ3n) is 2.14. The first-order valence-corrected chi connectivity index (χ1v) is 6.45. The van der Waals surface area contributed by atoms with Crippen LogP contribution in [0.4, 0.5) is 4.39 Å². The highest BCUT2D eigenvalue weighted by molar-refractivity contribution is 7.89. The van der Waals surface area contributed by atoms with Crippen LogP contribution < -0.4 is 15.2 Å².